The normalized spacial score (nSPS) is 23.5. The number of methoxy groups -OCH3 is 2. The van der Waals surface area contributed by atoms with Crippen LogP contribution >= 0.6 is 0 Å². The number of hydrogen-bond donors (Lipinski definition) is 1. The van der Waals surface area contributed by atoms with E-state index in [0.29, 0.717) is 6.04 Å². The highest BCUT2D eigenvalue weighted by molar-refractivity contribution is 5.73. The molecule has 1 saturated carbocycles. The van der Waals surface area contributed by atoms with Crippen LogP contribution in [0.5, 0.6) is 11.5 Å². The van der Waals surface area contributed by atoms with Crippen LogP contribution in [-0.2, 0) is 20.7 Å². The number of carboxylic acid groups (broad SMARTS) is 1. The molecule has 3 atom stereocenters. The maximum Gasteiger partial charge on any atom is 0.490 e. The Labute approximate surface area is 180 Å². The molecule has 1 aliphatic carbocycles. The van der Waals surface area contributed by atoms with Gasteiger partial charge in [-0.3, -0.25) is 4.90 Å². The smallest absolute Gasteiger partial charge is 0.490 e. The minimum absolute atomic E-state index is 0.240. The zero-order chi connectivity index (χ0) is 23.0. The highest BCUT2D eigenvalue weighted by Crippen LogP contribution is 2.33. The third-order valence-electron chi connectivity index (χ3n) is 5.41. The van der Waals surface area contributed by atoms with Gasteiger partial charge in [-0.25, -0.2) is 4.79 Å². The van der Waals surface area contributed by atoms with Crippen molar-refractivity contribution in [3.8, 4) is 11.5 Å². The molecule has 2 aliphatic rings. The molecule has 0 bridgehead atoms. The number of nitrogens with zero attached hydrogens (tertiary/aromatic N) is 1. The molecule has 176 valence electrons. The van der Waals surface area contributed by atoms with Crippen LogP contribution in [-0.4, -0.2) is 80.9 Å². The first-order valence-corrected chi connectivity index (χ1v) is 10.2. The van der Waals surface area contributed by atoms with Gasteiger partial charge >= 0.3 is 12.1 Å². The molecule has 0 unspecified atom stereocenters. The van der Waals surface area contributed by atoms with Crippen LogP contribution in [0.1, 0.15) is 25.3 Å². The fourth-order valence-electron chi connectivity index (χ4n) is 3.97. The number of alkyl halides is 3. The first-order valence-electron chi connectivity index (χ1n) is 10.2. The molecular weight excluding hydrogens is 419 g/mol. The maximum absolute atomic E-state index is 10.6. The fourth-order valence-corrected chi connectivity index (χ4v) is 3.97. The molecule has 1 aliphatic heterocycles. The zero-order valence-corrected chi connectivity index (χ0v) is 18.0. The third kappa shape index (κ3) is 6.98. The van der Waals surface area contributed by atoms with Gasteiger partial charge in [-0.1, -0.05) is 6.07 Å². The summed E-state index contributed by atoms with van der Waals surface area (Å²) >= 11 is 0. The second-order valence-electron chi connectivity index (χ2n) is 7.25. The Bertz CT molecular complexity index is 715. The van der Waals surface area contributed by atoms with E-state index in [4.69, 9.17) is 28.8 Å². The first-order chi connectivity index (χ1) is 14.7. The number of rotatable bonds is 7. The van der Waals surface area contributed by atoms with Crippen molar-refractivity contribution in [2.45, 2.75) is 50.6 Å². The summed E-state index contributed by atoms with van der Waals surface area (Å²) in [4.78, 5) is 11.5. The molecule has 1 saturated heterocycles. The zero-order valence-electron chi connectivity index (χ0n) is 18.0. The molecule has 0 radical (unpaired) electrons. The molecule has 31 heavy (non-hydrogen) atoms. The standard InChI is InChI=1S/C19H29NO4.C2HF3O2/c1-4-23-17-8-6-15-19(17)24-12-11-20(15)10-9-14-5-7-16(21-2)18(13-14)22-3;3-2(4,5)1(6)7/h5,7,13,15,17,19H,4,6,8-12H2,1-3H3;(H,6,7)/t15-,17+,19+;/m0./s1. The molecule has 0 spiro atoms. The van der Waals surface area contributed by atoms with Gasteiger partial charge in [0.15, 0.2) is 11.5 Å². The number of aliphatic carboxylic acids is 1. The van der Waals surface area contributed by atoms with Gasteiger partial charge in [0.25, 0.3) is 0 Å². The molecule has 7 nitrogen and oxygen atoms in total. The van der Waals surface area contributed by atoms with E-state index in [-0.39, 0.29) is 12.2 Å². The summed E-state index contributed by atoms with van der Waals surface area (Å²) in [6.07, 6.45) is -1.30. The van der Waals surface area contributed by atoms with Crippen molar-refractivity contribution in [3.05, 3.63) is 23.8 Å². The van der Waals surface area contributed by atoms with Crippen LogP contribution in [0.4, 0.5) is 13.2 Å². The summed E-state index contributed by atoms with van der Waals surface area (Å²) in [6.45, 7) is 5.68. The SMILES string of the molecule is CCO[C@@H]1CC[C@H]2[C@H]1OCCN2CCc1ccc(OC)c(OC)c1.O=C(O)C(F)(F)F. The topological polar surface area (TPSA) is 77.5 Å². The Morgan fingerprint density at radius 3 is 2.48 bits per heavy atom. The highest BCUT2D eigenvalue weighted by atomic mass is 19.4. The summed E-state index contributed by atoms with van der Waals surface area (Å²) in [5.74, 6) is -1.18. The fraction of sp³-hybridized carbons (Fsp3) is 0.667. The van der Waals surface area contributed by atoms with E-state index in [1.54, 1.807) is 14.2 Å². The average molecular weight is 449 g/mol. The molecule has 1 N–H and O–H groups in total. The van der Waals surface area contributed by atoms with Crippen molar-refractivity contribution in [2.24, 2.45) is 0 Å². The van der Waals surface area contributed by atoms with E-state index in [9.17, 15) is 13.2 Å². The number of carboxylic acids is 1. The monoisotopic (exact) mass is 449 g/mol. The second-order valence-corrected chi connectivity index (χ2v) is 7.25. The van der Waals surface area contributed by atoms with Crippen molar-refractivity contribution in [1.82, 2.24) is 4.90 Å². The lowest BCUT2D eigenvalue weighted by atomic mass is 10.1. The number of fused-ring (bicyclic) bond motifs is 1. The van der Waals surface area contributed by atoms with Gasteiger partial charge in [-0.2, -0.15) is 13.2 Å². The Balaban J connectivity index is 0.000000423. The molecular formula is C21H30F3NO6. The van der Waals surface area contributed by atoms with E-state index in [2.05, 4.69) is 24.0 Å². The van der Waals surface area contributed by atoms with E-state index >= 15 is 0 Å². The van der Waals surface area contributed by atoms with Gasteiger partial charge in [0.05, 0.1) is 33.0 Å². The van der Waals surface area contributed by atoms with Crippen molar-refractivity contribution < 1.29 is 42.0 Å². The van der Waals surface area contributed by atoms with Crippen LogP contribution < -0.4 is 9.47 Å². The summed E-state index contributed by atoms with van der Waals surface area (Å²) in [5, 5.41) is 7.12. The van der Waals surface area contributed by atoms with Crippen LogP contribution in [0.3, 0.4) is 0 Å². The van der Waals surface area contributed by atoms with Gasteiger partial charge in [0.2, 0.25) is 0 Å². The lowest BCUT2D eigenvalue weighted by Crippen LogP contribution is -2.52. The van der Waals surface area contributed by atoms with E-state index in [1.807, 2.05) is 6.07 Å². The van der Waals surface area contributed by atoms with E-state index in [0.717, 1.165) is 50.6 Å². The van der Waals surface area contributed by atoms with Gasteiger partial charge in [0.1, 0.15) is 0 Å². The number of benzene rings is 1. The molecule has 0 amide bonds. The molecule has 1 aromatic rings. The van der Waals surface area contributed by atoms with Crippen molar-refractivity contribution in [1.29, 1.82) is 0 Å². The van der Waals surface area contributed by atoms with Crippen LogP contribution in [0.25, 0.3) is 0 Å². The van der Waals surface area contributed by atoms with E-state index < -0.39 is 12.1 Å². The minimum atomic E-state index is -5.08. The summed E-state index contributed by atoms with van der Waals surface area (Å²) in [5.41, 5.74) is 1.27. The Hall–Kier alpha value is -2.04. The summed E-state index contributed by atoms with van der Waals surface area (Å²) < 4.78 is 54.3. The molecule has 2 fully saturated rings. The Kier molecular flexibility index (Phi) is 9.39. The predicted molar refractivity (Wildman–Crippen MR) is 107 cm³/mol. The number of morpholine rings is 1. The van der Waals surface area contributed by atoms with Crippen molar-refractivity contribution in [2.75, 3.05) is 40.5 Å². The van der Waals surface area contributed by atoms with Crippen molar-refractivity contribution in [3.63, 3.8) is 0 Å². The molecule has 1 heterocycles. The van der Waals surface area contributed by atoms with Gasteiger partial charge in [-0.05, 0) is 43.9 Å². The van der Waals surface area contributed by atoms with Gasteiger partial charge in [-0.15, -0.1) is 0 Å². The second kappa shape index (κ2) is 11.5. The first kappa shape index (κ1) is 25.2. The number of hydrogen-bond acceptors (Lipinski definition) is 6. The van der Waals surface area contributed by atoms with Crippen LogP contribution in [0, 0.1) is 0 Å². The lowest BCUT2D eigenvalue weighted by Gasteiger charge is -2.39. The average Bonchev–Trinajstić information content (AvgIpc) is 3.15. The Morgan fingerprint density at radius 2 is 1.90 bits per heavy atom. The number of halogens is 3. The maximum atomic E-state index is 10.6. The molecule has 10 heteroatoms. The quantitative estimate of drug-likeness (QED) is 0.685. The minimum Gasteiger partial charge on any atom is -0.493 e. The highest BCUT2D eigenvalue weighted by Gasteiger charge is 2.42. The number of carbonyl (C=O) groups is 1. The van der Waals surface area contributed by atoms with Crippen LogP contribution in [0.15, 0.2) is 18.2 Å². The van der Waals surface area contributed by atoms with E-state index in [1.165, 1.54) is 12.0 Å². The Morgan fingerprint density at radius 1 is 1.23 bits per heavy atom. The summed E-state index contributed by atoms with van der Waals surface area (Å²) in [7, 11) is 3.35. The molecule has 1 aromatic carbocycles. The molecule has 3 rings (SSSR count). The van der Waals surface area contributed by atoms with Crippen molar-refractivity contribution >= 4 is 5.97 Å². The van der Waals surface area contributed by atoms with Crippen LogP contribution in [0.2, 0.25) is 0 Å². The van der Waals surface area contributed by atoms with Gasteiger partial charge < -0.3 is 24.1 Å². The summed E-state index contributed by atoms with van der Waals surface area (Å²) in [6, 6.07) is 6.68. The van der Waals surface area contributed by atoms with Gasteiger partial charge in [0, 0.05) is 25.7 Å². The molecule has 0 aromatic heterocycles. The third-order valence-corrected chi connectivity index (χ3v) is 5.41. The largest absolute Gasteiger partial charge is 0.493 e. The number of ether oxygens (including phenoxy) is 4. The lowest BCUT2D eigenvalue weighted by molar-refractivity contribution is -0.192. The predicted octanol–water partition coefficient (Wildman–Crippen LogP) is 3.15.